The molecule has 0 aliphatic carbocycles. The van der Waals surface area contributed by atoms with Gasteiger partial charge in [0.15, 0.2) is 5.13 Å². The SMILES string of the molecule is O=CNC(Nc1nc2ccc(Cl)cc2s1)C(Cl)(Cl)Cl. The highest BCUT2D eigenvalue weighted by Gasteiger charge is 2.33. The number of fused-ring (bicyclic) bond motifs is 1. The molecule has 1 unspecified atom stereocenters. The Bertz CT molecular complexity index is 598. The van der Waals surface area contributed by atoms with E-state index in [0.29, 0.717) is 16.6 Å². The van der Waals surface area contributed by atoms with Crippen molar-refractivity contribution in [1.82, 2.24) is 10.3 Å². The lowest BCUT2D eigenvalue weighted by atomic mass is 10.3. The minimum absolute atomic E-state index is 0.448. The molecule has 0 saturated carbocycles. The van der Waals surface area contributed by atoms with Crippen LogP contribution in [0.15, 0.2) is 18.2 Å². The number of nitrogens with one attached hydrogen (secondary N) is 2. The molecule has 2 N–H and O–H groups in total. The average molecular weight is 359 g/mol. The Kier molecular flexibility index (Phi) is 4.63. The van der Waals surface area contributed by atoms with Gasteiger partial charge in [-0.2, -0.15) is 0 Å². The summed E-state index contributed by atoms with van der Waals surface area (Å²) in [6, 6.07) is 5.32. The van der Waals surface area contributed by atoms with Crippen molar-refractivity contribution in [2.75, 3.05) is 5.32 Å². The van der Waals surface area contributed by atoms with Gasteiger partial charge in [0.05, 0.1) is 10.2 Å². The number of alkyl halides is 3. The molecular weight excluding hydrogens is 352 g/mol. The first-order chi connectivity index (χ1) is 8.90. The van der Waals surface area contributed by atoms with E-state index in [-0.39, 0.29) is 0 Å². The number of aromatic nitrogens is 1. The Hall–Kier alpha value is -0.460. The lowest BCUT2D eigenvalue weighted by molar-refractivity contribution is -0.110. The van der Waals surface area contributed by atoms with Crippen molar-refractivity contribution in [2.24, 2.45) is 0 Å². The Morgan fingerprint density at radius 2 is 2.11 bits per heavy atom. The van der Waals surface area contributed by atoms with Crippen molar-refractivity contribution < 1.29 is 4.79 Å². The molecule has 102 valence electrons. The van der Waals surface area contributed by atoms with Crippen LogP contribution >= 0.6 is 57.7 Å². The number of rotatable bonds is 4. The molecule has 9 heteroatoms. The summed E-state index contributed by atoms with van der Waals surface area (Å²) in [5, 5.41) is 6.37. The van der Waals surface area contributed by atoms with E-state index in [2.05, 4.69) is 15.6 Å². The molecule has 1 amide bonds. The number of anilines is 1. The average Bonchev–Trinajstić information content (AvgIpc) is 2.68. The highest BCUT2D eigenvalue weighted by molar-refractivity contribution is 7.22. The standard InChI is InChI=1S/C10H7Cl4N3OS/c11-5-1-2-6-7(3-5)19-9(16-6)17-8(15-4-18)10(12,13)14/h1-4,8H,(H,15,18)(H,16,17). The fourth-order valence-corrected chi connectivity index (χ4v) is 2.89. The molecule has 0 aliphatic rings. The molecule has 1 aromatic heterocycles. The quantitative estimate of drug-likeness (QED) is 0.496. The van der Waals surface area contributed by atoms with Crippen LogP contribution in [0.4, 0.5) is 5.13 Å². The number of hydrogen-bond acceptors (Lipinski definition) is 4. The van der Waals surface area contributed by atoms with Gasteiger partial charge in [-0.1, -0.05) is 57.7 Å². The van der Waals surface area contributed by atoms with E-state index < -0.39 is 9.96 Å². The smallest absolute Gasteiger partial charge is 0.228 e. The highest BCUT2D eigenvalue weighted by Crippen LogP contribution is 2.33. The molecule has 0 saturated heterocycles. The van der Waals surface area contributed by atoms with E-state index in [1.165, 1.54) is 11.3 Å². The van der Waals surface area contributed by atoms with Crippen molar-refractivity contribution in [3.8, 4) is 0 Å². The number of hydrogen-bond donors (Lipinski definition) is 2. The van der Waals surface area contributed by atoms with Crippen LogP contribution in [-0.4, -0.2) is 21.4 Å². The maximum absolute atomic E-state index is 10.5. The zero-order valence-electron chi connectivity index (χ0n) is 9.16. The molecule has 19 heavy (non-hydrogen) atoms. The normalized spacial score (nSPS) is 13.3. The van der Waals surface area contributed by atoms with Crippen LogP contribution in [0.1, 0.15) is 0 Å². The second kappa shape index (κ2) is 5.89. The fraction of sp³-hybridized carbons (Fsp3) is 0.200. The van der Waals surface area contributed by atoms with Gasteiger partial charge in [0.25, 0.3) is 0 Å². The third-order valence-electron chi connectivity index (χ3n) is 2.18. The molecule has 4 nitrogen and oxygen atoms in total. The molecule has 0 aliphatic heterocycles. The van der Waals surface area contributed by atoms with Gasteiger partial charge in [-0.05, 0) is 18.2 Å². The Morgan fingerprint density at radius 3 is 2.74 bits per heavy atom. The van der Waals surface area contributed by atoms with Gasteiger partial charge in [0.1, 0.15) is 6.17 Å². The van der Waals surface area contributed by atoms with E-state index in [4.69, 9.17) is 46.4 Å². The van der Waals surface area contributed by atoms with Crippen LogP contribution in [-0.2, 0) is 4.79 Å². The summed E-state index contributed by atoms with van der Waals surface area (Å²) >= 11 is 24.5. The zero-order chi connectivity index (χ0) is 14.0. The molecule has 0 spiro atoms. The van der Waals surface area contributed by atoms with Gasteiger partial charge < -0.3 is 10.6 Å². The number of halogens is 4. The second-order valence-corrected chi connectivity index (χ2v) is 7.37. The molecule has 1 heterocycles. The van der Waals surface area contributed by atoms with E-state index in [9.17, 15) is 4.79 Å². The third kappa shape index (κ3) is 3.77. The number of carbonyl (C=O) groups is 1. The largest absolute Gasteiger partial charge is 0.338 e. The van der Waals surface area contributed by atoms with E-state index in [1.807, 2.05) is 0 Å². The van der Waals surface area contributed by atoms with Crippen LogP contribution in [0, 0.1) is 0 Å². The third-order valence-corrected chi connectivity index (χ3v) is 4.02. The minimum Gasteiger partial charge on any atom is -0.338 e. The molecule has 2 rings (SSSR count). The van der Waals surface area contributed by atoms with Gasteiger partial charge in [-0.15, -0.1) is 0 Å². The predicted octanol–water partition coefficient (Wildman–Crippen LogP) is 3.80. The number of amides is 1. The molecule has 0 bridgehead atoms. The molecule has 0 fully saturated rings. The minimum atomic E-state index is -1.70. The lowest BCUT2D eigenvalue weighted by Gasteiger charge is -2.24. The van der Waals surface area contributed by atoms with Gasteiger partial charge in [-0.25, -0.2) is 4.98 Å². The number of nitrogens with zero attached hydrogens (tertiary/aromatic N) is 1. The Morgan fingerprint density at radius 1 is 1.37 bits per heavy atom. The topological polar surface area (TPSA) is 54.0 Å². The molecular formula is C10H7Cl4N3OS. The van der Waals surface area contributed by atoms with Crippen molar-refractivity contribution in [3.05, 3.63) is 23.2 Å². The van der Waals surface area contributed by atoms with Crippen LogP contribution in [0.5, 0.6) is 0 Å². The monoisotopic (exact) mass is 357 g/mol. The van der Waals surface area contributed by atoms with Crippen LogP contribution in [0.3, 0.4) is 0 Å². The summed E-state index contributed by atoms with van der Waals surface area (Å²) in [6.07, 6.45) is -0.435. The van der Waals surface area contributed by atoms with Gasteiger partial charge in [0, 0.05) is 5.02 Å². The van der Waals surface area contributed by atoms with Crippen LogP contribution < -0.4 is 10.6 Å². The first-order valence-corrected chi connectivity index (χ1v) is 7.32. The maximum atomic E-state index is 10.5. The Balaban J connectivity index is 2.26. The number of thiazole rings is 1. The molecule has 1 aromatic carbocycles. The summed E-state index contributed by atoms with van der Waals surface area (Å²) < 4.78 is -0.805. The van der Waals surface area contributed by atoms with E-state index >= 15 is 0 Å². The van der Waals surface area contributed by atoms with Gasteiger partial charge in [0.2, 0.25) is 10.2 Å². The molecule has 0 radical (unpaired) electrons. The first-order valence-electron chi connectivity index (χ1n) is 4.99. The summed E-state index contributed by atoms with van der Waals surface area (Å²) in [4.78, 5) is 14.8. The van der Waals surface area contributed by atoms with Crippen molar-refractivity contribution >= 4 is 79.5 Å². The number of carbonyl (C=O) groups excluding carboxylic acids is 1. The van der Waals surface area contributed by atoms with E-state index in [0.717, 1.165) is 10.2 Å². The second-order valence-electron chi connectivity index (χ2n) is 3.53. The summed E-state index contributed by atoms with van der Waals surface area (Å²) in [5.74, 6) is 0. The summed E-state index contributed by atoms with van der Waals surface area (Å²) in [5.41, 5.74) is 0.770. The number of benzene rings is 1. The van der Waals surface area contributed by atoms with Crippen molar-refractivity contribution in [3.63, 3.8) is 0 Å². The maximum Gasteiger partial charge on any atom is 0.228 e. The van der Waals surface area contributed by atoms with Crippen molar-refractivity contribution in [1.29, 1.82) is 0 Å². The molecule has 1 atom stereocenters. The fourth-order valence-electron chi connectivity index (χ4n) is 1.37. The summed E-state index contributed by atoms with van der Waals surface area (Å²) in [6.45, 7) is 0. The highest BCUT2D eigenvalue weighted by atomic mass is 35.6. The van der Waals surface area contributed by atoms with Crippen molar-refractivity contribution in [2.45, 2.75) is 9.96 Å². The van der Waals surface area contributed by atoms with Crippen LogP contribution in [0.2, 0.25) is 5.02 Å². The van der Waals surface area contributed by atoms with Gasteiger partial charge >= 0.3 is 0 Å². The molecule has 2 aromatic rings. The predicted molar refractivity (Wildman–Crippen MR) is 81.5 cm³/mol. The zero-order valence-corrected chi connectivity index (χ0v) is 13.0. The van der Waals surface area contributed by atoms with E-state index in [1.54, 1.807) is 18.2 Å². The van der Waals surface area contributed by atoms with Gasteiger partial charge in [-0.3, -0.25) is 4.79 Å². The summed E-state index contributed by atoms with van der Waals surface area (Å²) in [7, 11) is 0. The lowest BCUT2D eigenvalue weighted by Crippen LogP contribution is -2.45. The van der Waals surface area contributed by atoms with Crippen LogP contribution in [0.25, 0.3) is 10.2 Å². The Labute approximate surface area is 133 Å². The first kappa shape index (κ1) is 14.9.